The minimum absolute atomic E-state index is 0.347. The summed E-state index contributed by atoms with van der Waals surface area (Å²) in [6.45, 7) is 0.347. The van der Waals surface area contributed by atoms with Crippen LogP contribution in [0.4, 0.5) is 4.39 Å². The zero-order valence-corrected chi connectivity index (χ0v) is 11.7. The van der Waals surface area contributed by atoms with Crippen LogP contribution in [-0.4, -0.2) is 15.0 Å². The monoisotopic (exact) mass is 331 g/mol. The highest BCUT2D eigenvalue weighted by Gasteiger charge is 2.22. The molecule has 0 saturated heterocycles. The third-order valence-electron chi connectivity index (χ3n) is 3.15. The van der Waals surface area contributed by atoms with Crippen molar-refractivity contribution in [3.05, 3.63) is 46.4 Å². The molecule has 0 radical (unpaired) electrons. The predicted molar refractivity (Wildman–Crippen MR) is 74.8 cm³/mol. The lowest BCUT2D eigenvalue weighted by atomic mass is 10.1. The molecule has 1 aliphatic heterocycles. The smallest absolute Gasteiger partial charge is 0.241 e. The summed E-state index contributed by atoms with van der Waals surface area (Å²) in [5.74, 6) is 0.0481. The van der Waals surface area contributed by atoms with E-state index in [1.54, 1.807) is 6.20 Å². The molecule has 0 unspecified atom stereocenters. The molecule has 0 aliphatic carbocycles. The van der Waals surface area contributed by atoms with Crippen LogP contribution in [-0.2, 0) is 6.61 Å². The first-order chi connectivity index (χ1) is 9.72. The van der Waals surface area contributed by atoms with E-state index in [2.05, 4.69) is 30.9 Å². The number of fused-ring (bicyclic) bond motifs is 4. The van der Waals surface area contributed by atoms with Crippen molar-refractivity contribution in [3.8, 4) is 17.1 Å². The van der Waals surface area contributed by atoms with Gasteiger partial charge in [0.1, 0.15) is 23.6 Å². The number of ether oxygens (including phenoxy) is 1. The van der Waals surface area contributed by atoms with E-state index in [4.69, 9.17) is 4.74 Å². The van der Waals surface area contributed by atoms with Crippen LogP contribution in [0.2, 0.25) is 0 Å². The lowest BCUT2D eigenvalue weighted by molar-refractivity contribution is 0.285. The Hall–Kier alpha value is -2.08. The molecule has 1 aliphatic rings. The molecule has 1 aromatic carbocycles. The number of halogens is 2. The van der Waals surface area contributed by atoms with E-state index >= 15 is 0 Å². The molecule has 3 aromatic rings. The average Bonchev–Trinajstić information content (AvgIpc) is 2.45. The topological polar surface area (TPSA) is 47.9 Å². The molecule has 0 amide bonds. The summed E-state index contributed by atoms with van der Waals surface area (Å²) in [7, 11) is 0. The van der Waals surface area contributed by atoms with Crippen molar-refractivity contribution in [2.24, 2.45) is 0 Å². The maximum atomic E-state index is 13.4. The van der Waals surface area contributed by atoms with Crippen LogP contribution in [0.15, 0.2) is 34.9 Å². The van der Waals surface area contributed by atoms with Crippen molar-refractivity contribution < 1.29 is 9.13 Å². The maximum absolute atomic E-state index is 13.4. The number of benzene rings is 1. The zero-order valence-electron chi connectivity index (χ0n) is 10.1. The summed E-state index contributed by atoms with van der Waals surface area (Å²) >= 11 is 3.32. The normalized spacial score (nSPS) is 12.7. The number of aromatic nitrogens is 3. The molecular formula is C14H7BrFN3O. The van der Waals surface area contributed by atoms with Crippen molar-refractivity contribution in [2.75, 3.05) is 0 Å². The number of hydrogen-bond donors (Lipinski definition) is 0. The Labute approximate surface area is 121 Å². The van der Waals surface area contributed by atoms with E-state index in [1.165, 1.54) is 12.1 Å². The van der Waals surface area contributed by atoms with Gasteiger partial charge < -0.3 is 4.74 Å². The van der Waals surface area contributed by atoms with Gasteiger partial charge in [0.05, 0.1) is 11.2 Å². The van der Waals surface area contributed by atoms with Crippen molar-refractivity contribution >= 4 is 27.0 Å². The van der Waals surface area contributed by atoms with Crippen molar-refractivity contribution in [1.29, 1.82) is 0 Å². The Balaban J connectivity index is 2.06. The number of rotatable bonds is 0. The second-order valence-electron chi connectivity index (χ2n) is 4.42. The first kappa shape index (κ1) is 11.7. The third kappa shape index (κ3) is 1.68. The molecule has 0 fully saturated rings. The van der Waals surface area contributed by atoms with E-state index in [0.717, 1.165) is 11.3 Å². The molecule has 4 nitrogen and oxygen atoms in total. The lowest BCUT2D eigenvalue weighted by Gasteiger charge is -2.18. The van der Waals surface area contributed by atoms with Gasteiger partial charge in [-0.25, -0.2) is 14.4 Å². The van der Waals surface area contributed by atoms with Crippen molar-refractivity contribution in [2.45, 2.75) is 6.61 Å². The second-order valence-corrected chi connectivity index (χ2v) is 5.27. The molecule has 6 heteroatoms. The van der Waals surface area contributed by atoms with Gasteiger partial charge >= 0.3 is 0 Å². The van der Waals surface area contributed by atoms with Crippen LogP contribution in [0, 0.1) is 5.82 Å². The minimum Gasteiger partial charge on any atom is -0.470 e. The van der Waals surface area contributed by atoms with Crippen LogP contribution in [0.3, 0.4) is 0 Å². The molecule has 0 atom stereocenters. The van der Waals surface area contributed by atoms with Gasteiger partial charge in [0.25, 0.3) is 0 Å². The average molecular weight is 332 g/mol. The lowest BCUT2D eigenvalue weighted by Crippen LogP contribution is -2.10. The first-order valence-electron chi connectivity index (χ1n) is 5.96. The molecular weight excluding hydrogens is 325 g/mol. The summed E-state index contributed by atoms with van der Waals surface area (Å²) in [4.78, 5) is 13.2. The summed E-state index contributed by atoms with van der Waals surface area (Å²) in [6, 6.07) is 6.49. The van der Waals surface area contributed by atoms with Gasteiger partial charge in [-0.3, -0.25) is 4.98 Å². The SMILES string of the molecule is Fc1cc(Br)c2nc3c(nc2c1)OCc1ncccc1-3. The van der Waals surface area contributed by atoms with E-state index in [-0.39, 0.29) is 5.82 Å². The van der Waals surface area contributed by atoms with Crippen molar-refractivity contribution in [3.63, 3.8) is 0 Å². The van der Waals surface area contributed by atoms with Crippen LogP contribution in [0.1, 0.15) is 5.69 Å². The van der Waals surface area contributed by atoms with E-state index < -0.39 is 0 Å². The fourth-order valence-corrected chi connectivity index (χ4v) is 2.76. The molecule has 3 heterocycles. The molecule has 0 bridgehead atoms. The van der Waals surface area contributed by atoms with Gasteiger partial charge in [-0.15, -0.1) is 0 Å². The minimum atomic E-state index is -0.364. The molecule has 4 rings (SSSR count). The van der Waals surface area contributed by atoms with E-state index in [1.807, 2.05) is 12.1 Å². The molecule has 2 aromatic heterocycles. The first-order valence-corrected chi connectivity index (χ1v) is 6.75. The van der Waals surface area contributed by atoms with Crippen molar-refractivity contribution in [1.82, 2.24) is 15.0 Å². The Kier molecular flexibility index (Phi) is 2.47. The Bertz CT molecular complexity index is 853. The van der Waals surface area contributed by atoms with Gasteiger partial charge in [0, 0.05) is 22.3 Å². The third-order valence-corrected chi connectivity index (χ3v) is 3.75. The van der Waals surface area contributed by atoms with Crippen LogP contribution < -0.4 is 4.74 Å². The molecule has 0 spiro atoms. The van der Waals surface area contributed by atoms with E-state index in [9.17, 15) is 4.39 Å². The molecule has 20 heavy (non-hydrogen) atoms. The number of nitrogens with zero attached hydrogens (tertiary/aromatic N) is 3. The Morgan fingerprint density at radius 3 is 3.05 bits per heavy atom. The van der Waals surface area contributed by atoms with E-state index in [0.29, 0.717) is 33.7 Å². The second kappa shape index (κ2) is 4.21. The quantitative estimate of drug-likeness (QED) is 0.632. The highest BCUT2D eigenvalue weighted by atomic mass is 79.9. The fourth-order valence-electron chi connectivity index (χ4n) is 2.25. The standard InChI is InChI=1S/C14H7BrFN3O/c15-9-4-7(16)5-10-13(9)19-12-8-2-1-3-17-11(8)6-20-14(12)18-10/h1-5H,6H2. The summed E-state index contributed by atoms with van der Waals surface area (Å²) in [5, 5.41) is 0. The van der Waals surface area contributed by atoms with Crippen LogP contribution in [0.5, 0.6) is 5.88 Å². The highest BCUT2D eigenvalue weighted by Crippen LogP contribution is 2.36. The zero-order chi connectivity index (χ0) is 13.7. The number of hydrogen-bond acceptors (Lipinski definition) is 4. The largest absolute Gasteiger partial charge is 0.470 e. The summed E-state index contributed by atoms with van der Waals surface area (Å²) in [5.41, 5.74) is 3.43. The van der Waals surface area contributed by atoms with Gasteiger partial charge in [0.2, 0.25) is 5.88 Å². The van der Waals surface area contributed by atoms with Gasteiger partial charge in [0.15, 0.2) is 0 Å². The Morgan fingerprint density at radius 1 is 1.25 bits per heavy atom. The maximum Gasteiger partial charge on any atom is 0.241 e. The van der Waals surface area contributed by atoms with Crippen LogP contribution >= 0.6 is 15.9 Å². The Morgan fingerprint density at radius 2 is 2.15 bits per heavy atom. The predicted octanol–water partition coefficient (Wildman–Crippen LogP) is 3.49. The summed E-state index contributed by atoms with van der Waals surface area (Å²) in [6.07, 6.45) is 1.72. The summed E-state index contributed by atoms with van der Waals surface area (Å²) < 4.78 is 19.6. The fraction of sp³-hybridized carbons (Fsp3) is 0.0714. The van der Waals surface area contributed by atoms with Gasteiger partial charge in [-0.1, -0.05) is 0 Å². The van der Waals surface area contributed by atoms with Crippen LogP contribution in [0.25, 0.3) is 22.3 Å². The molecule has 98 valence electrons. The molecule has 0 N–H and O–H groups in total. The highest BCUT2D eigenvalue weighted by molar-refractivity contribution is 9.10. The van der Waals surface area contributed by atoms with Gasteiger partial charge in [-0.2, -0.15) is 0 Å². The van der Waals surface area contributed by atoms with Gasteiger partial charge in [-0.05, 0) is 34.1 Å². The number of pyridine rings is 1. The molecule has 0 saturated carbocycles.